The summed E-state index contributed by atoms with van der Waals surface area (Å²) >= 11 is 0. The Morgan fingerprint density at radius 2 is 1.72 bits per heavy atom. The van der Waals surface area contributed by atoms with Crippen LogP contribution in [-0.2, 0) is 6.54 Å². The first-order chi connectivity index (χ1) is 12.1. The Morgan fingerprint density at radius 3 is 2.40 bits per heavy atom. The molecule has 1 N–H and O–H groups in total. The van der Waals surface area contributed by atoms with Gasteiger partial charge in [0.15, 0.2) is 11.6 Å². The van der Waals surface area contributed by atoms with Crippen LogP contribution in [0.15, 0.2) is 42.7 Å². The molecule has 0 radical (unpaired) electrons. The summed E-state index contributed by atoms with van der Waals surface area (Å²) in [6.07, 6.45) is 0.598. The van der Waals surface area contributed by atoms with Gasteiger partial charge < -0.3 is 19.1 Å². The van der Waals surface area contributed by atoms with Crippen molar-refractivity contribution in [1.29, 1.82) is 0 Å². The number of rotatable bonds is 7. The Kier molecular flexibility index (Phi) is 5.14. The lowest BCUT2D eigenvalue weighted by atomic mass is 10.3. The van der Waals surface area contributed by atoms with Crippen molar-refractivity contribution in [2.45, 2.75) is 19.6 Å². The average molecular weight is 348 g/mol. The van der Waals surface area contributed by atoms with E-state index < -0.39 is 17.7 Å². The summed E-state index contributed by atoms with van der Waals surface area (Å²) < 4.78 is 39.0. The zero-order chi connectivity index (χ0) is 17.8. The second-order valence-electron chi connectivity index (χ2n) is 5.52. The topological polar surface area (TPSA) is 56.5 Å². The summed E-state index contributed by atoms with van der Waals surface area (Å²) in [4.78, 5) is 4.01. The van der Waals surface area contributed by atoms with E-state index in [1.165, 1.54) is 6.33 Å². The summed E-state index contributed by atoms with van der Waals surface area (Å²) in [5.41, 5.74) is 0.748. The number of imidazole rings is 1. The molecule has 0 aliphatic carbocycles. The first kappa shape index (κ1) is 17.2. The molecular formula is C18H18F2N2O3. The molecule has 1 unspecified atom stereocenters. The summed E-state index contributed by atoms with van der Waals surface area (Å²) in [6.45, 7) is 2.69. The Bertz CT molecular complexity index is 849. The maximum absolute atomic E-state index is 13.4. The van der Waals surface area contributed by atoms with E-state index in [0.717, 1.165) is 17.9 Å². The fraction of sp³-hybridized carbons (Fsp3) is 0.278. The fourth-order valence-corrected chi connectivity index (χ4v) is 2.47. The van der Waals surface area contributed by atoms with Crippen LogP contribution in [0, 0.1) is 11.6 Å². The van der Waals surface area contributed by atoms with Crippen LogP contribution in [0.1, 0.15) is 6.92 Å². The van der Waals surface area contributed by atoms with Gasteiger partial charge in [0.25, 0.3) is 0 Å². The lowest BCUT2D eigenvalue weighted by molar-refractivity contribution is 0.0934. The molecule has 0 saturated heterocycles. The number of halogens is 2. The lowest BCUT2D eigenvalue weighted by Gasteiger charge is -2.14. The van der Waals surface area contributed by atoms with Gasteiger partial charge in [-0.15, -0.1) is 0 Å². The van der Waals surface area contributed by atoms with E-state index in [9.17, 15) is 13.9 Å². The smallest absolute Gasteiger partial charge is 0.161 e. The van der Waals surface area contributed by atoms with Crippen molar-refractivity contribution in [2.75, 3.05) is 13.2 Å². The Morgan fingerprint density at radius 1 is 1.08 bits per heavy atom. The molecule has 0 saturated carbocycles. The molecule has 0 aliphatic heterocycles. The number of aliphatic hydroxyl groups is 1. The number of aromatic nitrogens is 2. The number of benzene rings is 2. The number of nitrogens with zero attached hydrogens (tertiary/aromatic N) is 2. The van der Waals surface area contributed by atoms with E-state index in [-0.39, 0.29) is 13.2 Å². The van der Waals surface area contributed by atoms with Gasteiger partial charge in [-0.05, 0) is 31.2 Å². The van der Waals surface area contributed by atoms with E-state index in [4.69, 9.17) is 9.47 Å². The van der Waals surface area contributed by atoms with Crippen LogP contribution in [0.4, 0.5) is 8.78 Å². The van der Waals surface area contributed by atoms with Crippen molar-refractivity contribution in [1.82, 2.24) is 9.55 Å². The molecule has 1 aromatic heterocycles. The highest BCUT2D eigenvalue weighted by atomic mass is 19.2. The molecule has 0 amide bonds. The van der Waals surface area contributed by atoms with Gasteiger partial charge in [0.2, 0.25) is 0 Å². The van der Waals surface area contributed by atoms with E-state index in [1.807, 2.05) is 6.92 Å². The molecular weight excluding hydrogens is 330 g/mol. The largest absolute Gasteiger partial charge is 0.494 e. The van der Waals surface area contributed by atoms with Gasteiger partial charge in [-0.2, -0.15) is 0 Å². The standard InChI is InChI=1S/C18H18F2N2O3/c1-2-24-13-3-5-14(6-4-13)25-10-12(23)9-22-11-21-17-7-15(19)16(20)8-18(17)22/h3-8,11-12,23H,2,9-10H2,1H3. The minimum absolute atomic E-state index is 0.0529. The first-order valence-electron chi connectivity index (χ1n) is 7.90. The van der Waals surface area contributed by atoms with E-state index in [2.05, 4.69) is 4.98 Å². The Labute approximate surface area is 143 Å². The lowest BCUT2D eigenvalue weighted by Crippen LogP contribution is -2.23. The average Bonchev–Trinajstić information content (AvgIpc) is 2.97. The molecule has 2 aromatic carbocycles. The number of ether oxygens (including phenoxy) is 2. The number of aliphatic hydroxyl groups excluding tert-OH is 1. The maximum Gasteiger partial charge on any atom is 0.161 e. The van der Waals surface area contributed by atoms with E-state index in [1.54, 1.807) is 28.8 Å². The minimum Gasteiger partial charge on any atom is -0.494 e. The van der Waals surface area contributed by atoms with Gasteiger partial charge in [-0.3, -0.25) is 0 Å². The third kappa shape index (κ3) is 4.06. The number of fused-ring (bicyclic) bond motifs is 1. The van der Waals surface area contributed by atoms with Crippen molar-refractivity contribution >= 4 is 11.0 Å². The van der Waals surface area contributed by atoms with Crippen LogP contribution in [0.2, 0.25) is 0 Å². The Balaban J connectivity index is 1.61. The second kappa shape index (κ2) is 7.48. The summed E-state index contributed by atoms with van der Waals surface area (Å²) in [5, 5.41) is 10.1. The van der Waals surface area contributed by atoms with Gasteiger partial charge in [0, 0.05) is 12.1 Å². The van der Waals surface area contributed by atoms with Gasteiger partial charge in [-0.25, -0.2) is 13.8 Å². The Hall–Kier alpha value is -2.67. The van der Waals surface area contributed by atoms with Crippen molar-refractivity contribution < 1.29 is 23.4 Å². The number of hydrogen-bond donors (Lipinski definition) is 1. The predicted molar refractivity (Wildman–Crippen MR) is 88.8 cm³/mol. The molecule has 7 heteroatoms. The minimum atomic E-state index is -0.950. The first-order valence-corrected chi connectivity index (χ1v) is 7.90. The number of hydrogen-bond acceptors (Lipinski definition) is 4. The van der Waals surface area contributed by atoms with Crippen LogP contribution in [0.3, 0.4) is 0 Å². The normalized spacial score (nSPS) is 12.3. The van der Waals surface area contributed by atoms with Crippen LogP contribution in [-0.4, -0.2) is 34.0 Å². The SMILES string of the molecule is CCOc1ccc(OCC(O)Cn2cnc3cc(F)c(F)cc32)cc1. The monoisotopic (exact) mass is 348 g/mol. The molecule has 0 bridgehead atoms. The van der Waals surface area contributed by atoms with E-state index in [0.29, 0.717) is 23.4 Å². The van der Waals surface area contributed by atoms with E-state index >= 15 is 0 Å². The quantitative estimate of drug-likeness (QED) is 0.713. The highest BCUT2D eigenvalue weighted by Crippen LogP contribution is 2.19. The molecule has 0 spiro atoms. The van der Waals surface area contributed by atoms with Gasteiger partial charge in [-0.1, -0.05) is 0 Å². The summed E-state index contributed by atoms with van der Waals surface area (Å²) in [7, 11) is 0. The zero-order valence-corrected chi connectivity index (χ0v) is 13.7. The molecule has 5 nitrogen and oxygen atoms in total. The highest BCUT2D eigenvalue weighted by molar-refractivity contribution is 5.75. The molecule has 3 aromatic rings. The van der Waals surface area contributed by atoms with Gasteiger partial charge in [0.1, 0.15) is 24.2 Å². The van der Waals surface area contributed by atoms with Crippen molar-refractivity contribution in [3.05, 3.63) is 54.4 Å². The van der Waals surface area contributed by atoms with Crippen molar-refractivity contribution in [2.24, 2.45) is 0 Å². The molecule has 3 rings (SSSR count). The molecule has 1 atom stereocenters. The van der Waals surface area contributed by atoms with Crippen LogP contribution in [0.5, 0.6) is 11.5 Å². The molecule has 0 aliphatic rings. The fourth-order valence-electron chi connectivity index (χ4n) is 2.47. The molecule has 1 heterocycles. The molecule has 0 fully saturated rings. The molecule has 25 heavy (non-hydrogen) atoms. The molecule has 132 valence electrons. The van der Waals surface area contributed by atoms with Gasteiger partial charge in [0.05, 0.1) is 30.5 Å². The second-order valence-corrected chi connectivity index (χ2v) is 5.52. The maximum atomic E-state index is 13.4. The van der Waals surface area contributed by atoms with Crippen molar-refractivity contribution in [3.63, 3.8) is 0 Å². The zero-order valence-electron chi connectivity index (χ0n) is 13.7. The van der Waals surface area contributed by atoms with Crippen LogP contribution in [0.25, 0.3) is 11.0 Å². The third-order valence-electron chi connectivity index (χ3n) is 3.65. The predicted octanol–water partition coefficient (Wildman–Crippen LogP) is 3.15. The van der Waals surface area contributed by atoms with Crippen LogP contribution >= 0.6 is 0 Å². The summed E-state index contributed by atoms with van der Waals surface area (Å²) in [5.74, 6) is -0.549. The van der Waals surface area contributed by atoms with Crippen molar-refractivity contribution in [3.8, 4) is 11.5 Å². The highest BCUT2D eigenvalue weighted by Gasteiger charge is 2.12. The third-order valence-corrected chi connectivity index (χ3v) is 3.65. The summed E-state index contributed by atoms with van der Waals surface area (Å²) in [6, 6.07) is 9.17. The van der Waals surface area contributed by atoms with Crippen LogP contribution < -0.4 is 9.47 Å². The van der Waals surface area contributed by atoms with Gasteiger partial charge >= 0.3 is 0 Å².